The number of aliphatic hydroxyl groups excluding tert-OH is 1. The molecule has 1 atom stereocenters. The third-order valence-electron chi connectivity index (χ3n) is 3.51. The van der Waals surface area contributed by atoms with Crippen LogP contribution in [0, 0.1) is 0 Å². The number of hydrogen-bond donors (Lipinski definition) is 3. The van der Waals surface area contributed by atoms with Crippen molar-refractivity contribution >= 4 is 0 Å². The molecule has 3 N–H and O–H groups in total. The molecule has 1 unspecified atom stereocenters. The highest BCUT2D eigenvalue weighted by Crippen LogP contribution is 2.35. The van der Waals surface area contributed by atoms with Gasteiger partial charge in [-0.1, -0.05) is 12.1 Å². The minimum absolute atomic E-state index is 0.0222. The van der Waals surface area contributed by atoms with Crippen LogP contribution in [0.5, 0.6) is 5.75 Å². The maximum absolute atomic E-state index is 9.23. The van der Waals surface area contributed by atoms with Crippen molar-refractivity contribution in [3.63, 3.8) is 0 Å². The molecule has 0 aliphatic heterocycles. The van der Waals surface area contributed by atoms with E-state index in [4.69, 9.17) is 0 Å². The predicted octanol–water partition coefficient (Wildman–Crippen LogP) is 1.83. The topological polar surface area (TPSA) is 52.5 Å². The lowest BCUT2D eigenvalue weighted by atomic mass is 10.1. The van der Waals surface area contributed by atoms with Gasteiger partial charge in [0.15, 0.2) is 0 Å². The molecule has 17 heavy (non-hydrogen) atoms. The van der Waals surface area contributed by atoms with Crippen molar-refractivity contribution in [2.24, 2.45) is 0 Å². The van der Waals surface area contributed by atoms with Gasteiger partial charge in [0.1, 0.15) is 5.75 Å². The van der Waals surface area contributed by atoms with Crippen molar-refractivity contribution in [1.29, 1.82) is 0 Å². The third kappa shape index (κ3) is 3.45. The fourth-order valence-electron chi connectivity index (χ4n) is 2.14. The van der Waals surface area contributed by atoms with Gasteiger partial charge in [0, 0.05) is 11.6 Å². The van der Waals surface area contributed by atoms with Gasteiger partial charge >= 0.3 is 0 Å². The zero-order valence-corrected chi connectivity index (χ0v) is 10.3. The second kappa shape index (κ2) is 5.07. The number of phenolic OH excluding ortho intramolecular Hbond substituents is 1. The highest BCUT2D eigenvalue weighted by atomic mass is 16.3. The molecule has 3 heteroatoms. The van der Waals surface area contributed by atoms with Gasteiger partial charge in [0.2, 0.25) is 0 Å². The summed E-state index contributed by atoms with van der Waals surface area (Å²) < 4.78 is 0. The summed E-state index contributed by atoms with van der Waals surface area (Å²) in [6.45, 7) is 2.41. The Hall–Kier alpha value is -1.06. The number of hydrogen-bond acceptors (Lipinski definition) is 3. The molecule has 1 aliphatic rings. The fourth-order valence-corrected chi connectivity index (χ4v) is 2.14. The molecule has 0 heterocycles. The quantitative estimate of drug-likeness (QED) is 0.705. The van der Waals surface area contributed by atoms with Crippen LogP contribution in [0.2, 0.25) is 0 Å². The summed E-state index contributed by atoms with van der Waals surface area (Å²) in [6, 6.07) is 7.79. The smallest absolute Gasteiger partial charge is 0.115 e. The highest BCUT2D eigenvalue weighted by molar-refractivity contribution is 5.25. The van der Waals surface area contributed by atoms with Crippen molar-refractivity contribution in [2.45, 2.75) is 44.2 Å². The van der Waals surface area contributed by atoms with Crippen LogP contribution >= 0.6 is 0 Å². The van der Waals surface area contributed by atoms with E-state index in [1.807, 2.05) is 12.1 Å². The summed E-state index contributed by atoms with van der Waals surface area (Å²) in [5.41, 5.74) is 1.26. The van der Waals surface area contributed by atoms with Crippen molar-refractivity contribution < 1.29 is 10.2 Å². The number of benzene rings is 1. The van der Waals surface area contributed by atoms with E-state index in [1.165, 1.54) is 5.56 Å². The molecule has 1 aromatic rings. The molecule has 0 aromatic heterocycles. The molecule has 94 valence electrons. The second-order valence-corrected chi connectivity index (χ2v) is 5.19. The molecule has 0 saturated heterocycles. The van der Waals surface area contributed by atoms with Gasteiger partial charge in [-0.3, -0.25) is 0 Å². The Morgan fingerprint density at radius 2 is 1.94 bits per heavy atom. The molecular formula is C14H21NO2. The molecule has 1 saturated carbocycles. The van der Waals surface area contributed by atoms with Crippen LogP contribution in [0.25, 0.3) is 0 Å². The Kier molecular flexibility index (Phi) is 3.69. The Labute approximate surface area is 102 Å². The molecule has 1 fully saturated rings. The van der Waals surface area contributed by atoms with Crippen LogP contribution in [-0.2, 0) is 6.42 Å². The monoisotopic (exact) mass is 235 g/mol. The summed E-state index contributed by atoms with van der Waals surface area (Å²) >= 11 is 0. The van der Waals surface area contributed by atoms with Gasteiger partial charge in [-0.2, -0.15) is 0 Å². The zero-order valence-electron chi connectivity index (χ0n) is 10.3. The summed E-state index contributed by atoms with van der Waals surface area (Å²) in [7, 11) is 0. The van der Waals surface area contributed by atoms with Crippen LogP contribution < -0.4 is 5.32 Å². The largest absolute Gasteiger partial charge is 0.508 e. The number of phenols is 1. The molecule has 0 spiro atoms. The molecule has 2 rings (SSSR count). The predicted molar refractivity (Wildman–Crippen MR) is 68.1 cm³/mol. The number of rotatable bonds is 6. The van der Waals surface area contributed by atoms with E-state index in [0.29, 0.717) is 11.8 Å². The van der Waals surface area contributed by atoms with Gasteiger partial charge < -0.3 is 15.5 Å². The van der Waals surface area contributed by atoms with Gasteiger partial charge in [-0.25, -0.2) is 0 Å². The van der Waals surface area contributed by atoms with E-state index in [-0.39, 0.29) is 12.1 Å². The molecule has 1 aromatic carbocycles. The molecular weight excluding hydrogens is 214 g/mol. The molecule has 1 aliphatic carbocycles. The standard InChI is InChI=1S/C14H21NO2/c1-11(15-14(10-16)8-9-14)2-3-12-4-6-13(17)7-5-12/h4-7,11,15-17H,2-3,8-10H2,1H3. The number of aliphatic hydroxyl groups is 1. The van der Waals surface area contributed by atoms with Gasteiger partial charge in [0.25, 0.3) is 0 Å². The van der Waals surface area contributed by atoms with Crippen LogP contribution in [0.4, 0.5) is 0 Å². The fraction of sp³-hybridized carbons (Fsp3) is 0.571. The first kappa shape index (κ1) is 12.4. The van der Waals surface area contributed by atoms with Crippen LogP contribution in [-0.4, -0.2) is 28.4 Å². The normalized spacial score (nSPS) is 18.9. The Morgan fingerprint density at radius 1 is 1.29 bits per heavy atom. The van der Waals surface area contributed by atoms with Crippen molar-refractivity contribution in [3.05, 3.63) is 29.8 Å². The van der Waals surface area contributed by atoms with Gasteiger partial charge in [-0.15, -0.1) is 0 Å². The Bertz CT molecular complexity index is 357. The van der Waals surface area contributed by atoms with Crippen LogP contribution in [0.3, 0.4) is 0 Å². The summed E-state index contributed by atoms with van der Waals surface area (Å²) in [5, 5.41) is 21.9. The highest BCUT2D eigenvalue weighted by Gasteiger charge is 2.42. The van der Waals surface area contributed by atoms with Gasteiger partial charge in [-0.05, 0) is 50.3 Å². The van der Waals surface area contributed by atoms with Crippen LogP contribution in [0.1, 0.15) is 31.7 Å². The first-order valence-corrected chi connectivity index (χ1v) is 6.30. The average Bonchev–Trinajstić information content (AvgIpc) is 3.09. The first-order valence-electron chi connectivity index (χ1n) is 6.30. The maximum Gasteiger partial charge on any atom is 0.115 e. The Balaban J connectivity index is 1.76. The lowest BCUT2D eigenvalue weighted by Gasteiger charge is -2.20. The Morgan fingerprint density at radius 3 is 2.47 bits per heavy atom. The number of nitrogens with one attached hydrogen (secondary N) is 1. The van der Waals surface area contributed by atoms with Gasteiger partial charge in [0.05, 0.1) is 6.61 Å². The maximum atomic E-state index is 9.23. The molecule has 0 bridgehead atoms. The SMILES string of the molecule is CC(CCc1ccc(O)cc1)NC1(CO)CC1. The summed E-state index contributed by atoms with van der Waals surface area (Å²) in [5.74, 6) is 0.317. The molecule has 0 radical (unpaired) electrons. The number of aryl methyl sites for hydroxylation is 1. The molecule has 3 nitrogen and oxygen atoms in total. The lowest BCUT2D eigenvalue weighted by molar-refractivity contribution is 0.218. The number of aromatic hydroxyl groups is 1. The van der Waals surface area contributed by atoms with E-state index in [1.54, 1.807) is 12.1 Å². The average molecular weight is 235 g/mol. The summed E-state index contributed by atoms with van der Waals surface area (Å²) in [4.78, 5) is 0. The van der Waals surface area contributed by atoms with Crippen LogP contribution in [0.15, 0.2) is 24.3 Å². The van der Waals surface area contributed by atoms with E-state index in [2.05, 4.69) is 12.2 Å². The summed E-state index contributed by atoms with van der Waals surface area (Å²) in [6.07, 6.45) is 4.22. The van der Waals surface area contributed by atoms with E-state index in [0.717, 1.165) is 25.7 Å². The van der Waals surface area contributed by atoms with Crippen molar-refractivity contribution in [2.75, 3.05) is 6.61 Å². The lowest BCUT2D eigenvalue weighted by Crippen LogP contribution is -2.41. The minimum atomic E-state index is 0.0222. The zero-order chi connectivity index (χ0) is 12.3. The van der Waals surface area contributed by atoms with Crippen molar-refractivity contribution in [3.8, 4) is 5.75 Å². The molecule has 0 amide bonds. The van der Waals surface area contributed by atoms with Crippen molar-refractivity contribution in [1.82, 2.24) is 5.32 Å². The second-order valence-electron chi connectivity index (χ2n) is 5.19. The van der Waals surface area contributed by atoms with E-state index in [9.17, 15) is 10.2 Å². The first-order chi connectivity index (χ1) is 8.13. The third-order valence-corrected chi connectivity index (χ3v) is 3.51. The minimum Gasteiger partial charge on any atom is -0.508 e. The van der Waals surface area contributed by atoms with E-state index < -0.39 is 0 Å². The van der Waals surface area contributed by atoms with E-state index >= 15 is 0 Å².